The van der Waals surface area contributed by atoms with E-state index in [2.05, 4.69) is 5.32 Å². The Morgan fingerprint density at radius 1 is 1.26 bits per heavy atom. The van der Waals surface area contributed by atoms with Crippen LogP contribution in [0.5, 0.6) is 0 Å². The second-order valence-electron chi connectivity index (χ2n) is 6.38. The number of amides is 1. The smallest absolute Gasteiger partial charge is 0.408 e. The molecule has 0 aliphatic carbocycles. The molecule has 2 unspecified atom stereocenters. The molecule has 0 spiro atoms. The second-order valence-corrected chi connectivity index (χ2v) is 7.99. The molecule has 2 bridgehead atoms. The van der Waals surface area contributed by atoms with E-state index in [9.17, 15) is 14.7 Å². The standard InChI is InChI=1S/C13H21NO4S/c1-12(2,3)18-11(17)14-13(10(15)16)6-8-4-5-9(7-13)19-8/h8-9H,4-7H2,1-3H3,(H,14,17)(H,15,16). The fraction of sp³-hybridized carbons (Fsp3) is 0.846. The van der Waals surface area contributed by atoms with Crippen LogP contribution in [0.3, 0.4) is 0 Å². The molecule has 5 nitrogen and oxygen atoms in total. The Hall–Kier alpha value is -0.910. The fourth-order valence-electron chi connectivity index (χ4n) is 2.77. The molecule has 2 aliphatic heterocycles. The second kappa shape index (κ2) is 4.89. The number of carboxylic acid groups (broad SMARTS) is 1. The van der Waals surface area contributed by atoms with Crippen LogP contribution in [0.4, 0.5) is 4.79 Å². The summed E-state index contributed by atoms with van der Waals surface area (Å²) in [5.41, 5.74) is -1.77. The normalized spacial score (nSPS) is 33.8. The number of rotatable bonds is 2. The highest BCUT2D eigenvalue weighted by Crippen LogP contribution is 2.47. The van der Waals surface area contributed by atoms with Gasteiger partial charge in [0.1, 0.15) is 11.1 Å². The highest BCUT2D eigenvalue weighted by atomic mass is 32.2. The monoisotopic (exact) mass is 287 g/mol. The van der Waals surface area contributed by atoms with Crippen LogP contribution >= 0.6 is 11.8 Å². The maximum absolute atomic E-state index is 11.9. The topological polar surface area (TPSA) is 75.6 Å². The molecule has 0 aromatic carbocycles. The third-order valence-electron chi connectivity index (χ3n) is 3.50. The van der Waals surface area contributed by atoms with Crippen molar-refractivity contribution in [1.82, 2.24) is 5.32 Å². The molecule has 2 N–H and O–H groups in total. The van der Waals surface area contributed by atoms with Gasteiger partial charge in [0.25, 0.3) is 0 Å². The van der Waals surface area contributed by atoms with E-state index in [-0.39, 0.29) is 0 Å². The molecule has 2 saturated heterocycles. The number of alkyl carbamates (subject to hydrolysis) is 1. The molecule has 1 amide bonds. The van der Waals surface area contributed by atoms with Crippen molar-refractivity contribution in [2.45, 2.75) is 68.1 Å². The summed E-state index contributed by atoms with van der Waals surface area (Å²) in [5.74, 6) is -0.949. The predicted octanol–water partition coefficient (Wildman–Crippen LogP) is 2.39. The SMILES string of the molecule is CC(C)(C)OC(=O)NC1(C(=O)O)CC2CCC(C1)S2. The number of nitrogens with one attached hydrogen (secondary N) is 1. The first-order valence-corrected chi connectivity index (χ1v) is 7.54. The Morgan fingerprint density at radius 2 is 1.79 bits per heavy atom. The molecule has 108 valence electrons. The maximum atomic E-state index is 11.9. The van der Waals surface area contributed by atoms with Gasteiger partial charge in [-0.3, -0.25) is 0 Å². The number of carbonyl (C=O) groups excluding carboxylic acids is 1. The number of thioether (sulfide) groups is 1. The zero-order valence-electron chi connectivity index (χ0n) is 11.6. The summed E-state index contributed by atoms with van der Waals surface area (Å²) in [6.45, 7) is 5.29. The minimum Gasteiger partial charge on any atom is -0.480 e. The van der Waals surface area contributed by atoms with Crippen molar-refractivity contribution in [2.24, 2.45) is 0 Å². The fourth-order valence-corrected chi connectivity index (χ4v) is 4.62. The first-order chi connectivity index (χ1) is 8.70. The Bertz CT molecular complexity index is 379. The highest BCUT2D eigenvalue weighted by molar-refractivity contribution is 8.00. The Kier molecular flexibility index (Phi) is 3.73. The Morgan fingerprint density at radius 3 is 2.21 bits per heavy atom. The minimum absolute atomic E-state index is 0.338. The number of ether oxygens (including phenoxy) is 1. The number of hydrogen-bond donors (Lipinski definition) is 2. The van der Waals surface area contributed by atoms with Crippen LogP contribution in [0.15, 0.2) is 0 Å². The first kappa shape index (κ1) is 14.5. The summed E-state index contributed by atoms with van der Waals surface area (Å²) < 4.78 is 5.19. The third-order valence-corrected chi connectivity index (χ3v) is 5.07. The van der Waals surface area contributed by atoms with E-state index < -0.39 is 23.2 Å². The lowest BCUT2D eigenvalue weighted by Crippen LogP contribution is -2.58. The van der Waals surface area contributed by atoms with Gasteiger partial charge in [-0.1, -0.05) is 0 Å². The van der Waals surface area contributed by atoms with Gasteiger partial charge in [-0.25, -0.2) is 9.59 Å². The van der Waals surface area contributed by atoms with Crippen molar-refractivity contribution in [3.63, 3.8) is 0 Å². The van der Waals surface area contributed by atoms with Gasteiger partial charge < -0.3 is 15.2 Å². The van der Waals surface area contributed by atoms with Crippen LogP contribution in [0.25, 0.3) is 0 Å². The molecule has 2 atom stereocenters. The van der Waals surface area contributed by atoms with Gasteiger partial charge in [-0.2, -0.15) is 11.8 Å². The van der Waals surface area contributed by atoms with E-state index in [1.165, 1.54) is 0 Å². The number of hydrogen-bond acceptors (Lipinski definition) is 4. The zero-order chi connectivity index (χ0) is 14.3. The average molecular weight is 287 g/mol. The van der Waals surface area contributed by atoms with E-state index in [1.54, 1.807) is 20.8 Å². The number of carboxylic acids is 1. The molecule has 0 aromatic rings. The van der Waals surface area contributed by atoms with Crippen molar-refractivity contribution in [3.8, 4) is 0 Å². The van der Waals surface area contributed by atoms with E-state index in [4.69, 9.17) is 4.74 Å². The highest BCUT2D eigenvalue weighted by Gasteiger charge is 2.50. The van der Waals surface area contributed by atoms with E-state index in [0.29, 0.717) is 23.3 Å². The van der Waals surface area contributed by atoms with Crippen molar-refractivity contribution in [2.75, 3.05) is 0 Å². The zero-order valence-corrected chi connectivity index (χ0v) is 12.4. The van der Waals surface area contributed by atoms with Gasteiger partial charge in [0.15, 0.2) is 0 Å². The molecule has 2 fully saturated rings. The molecule has 0 saturated carbocycles. The van der Waals surface area contributed by atoms with Crippen molar-refractivity contribution in [3.05, 3.63) is 0 Å². The summed E-state index contributed by atoms with van der Waals surface area (Å²) in [5, 5.41) is 12.8. The molecule has 2 heterocycles. The summed E-state index contributed by atoms with van der Waals surface area (Å²) in [6.07, 6.45) is 2.42. The van der Waals surface area contributed by atoms with E-state index in [1.807, 2.05) is 11.8 Å². The van der Waals surface area contributed by atoms with Gasteiger partial charge >= 0.3 is 12.1 Å². The predicted molar refractivity (Wildman–Crippen MR) is 73.4 cm³/mol. The minimum atomic E-state index is -1.15. The van der Waals surface area contributed by atoms with Crippen LogP contribution in [0.2, 0.25) is 0 Å². The van der Waals surface area contributed by atoms with Gasteiger partial charge in [0, 0.05) is 10.5 Å². The van der Waals surface area contributed by atoms with E-state index >= 15 is 0 Å². The summed E-state index contributed by atoms with van der Waals surface area (Å²) in [6, 6.07) is 0. The summed E-state index contributed by atoms with van der Waals surface area (Å²) in [7, 11) is 0. The van der Waals surface area contributed by atoms with Crippen molar-refractivity contribution >= 4 is 23.8 Å². The number of fused-ring (bicyclic) bond motifs is 2. The third kappa shape index (κ3) is 3.35. The number of carbonyl (C=O) groups is 2. The van der Waals surface area contributed by atoms with Crippen molar-refractivity contribution in [1.29, 1.82) is 0 Å². The molecule has 0 aromatic heterocycles. The average Bonchev–Trinajstić information content (AvgIpc) is 2.55. The summed E-state index contributed by atoms with van der Waals surface area (Å²) in [4.78, 5) is 23.5. The van der Waals surface area contributed by atoms with E-state index in [0.717, 1.165) is 12.8 Å². The largest absolute Gasteiger partial charge is 0.480 e. The van der Waals surface area contributed by atoms with Crippen LogP contribution in [-0.2, 0) is 9.53 Å². The van der Waals surface area contributed by atoms with Gasteiger partial charge in [-0.15, -0.1) is 0 Å². The molecule has 6 heteroatoms. The molecule has 0 radical (unpaired) electrons. The lowest BCUT2D eigenvalue weighted by molar-refractivity contribution is -0.145. The van der Waals surface area contributed by atoms with Gasteiger partial charge in [0.2, 0.25) is 0 Å². The first-order valence-electron chi connectivity index (χ1n) is 6.60. The lowest BCUT2D eigenvalue weighted by Gasteiger charge is -2.37. The number of aliphatic carboxylic acids is 1. The Balaban J connectivity index is 2.08. The molecule has 2 rings (SSSR count). The van der Waals surface area contributed by atoms with Crippen molar-refractivity contribution < 1.29 is 19.4 Å². The molecular formula is C13H21NO4S. The van der Waals surface area contributed by atoms with Crippen LogP contribution in [0.1, 0.15) is 46.5 Å². The maximum Gasteiger partial charge on any atom is 0.408 e. The molecule has 2 aliphatic rings. The van der Waals surface area contributed by atoms with Gasteiger partial charge in [-0.05, 0) is 46.5 Å². The van der Waals surface area contributed by atoms with Crippen LogP contribution in [-0.4, -0.2) is 38.8 Å². The Labute approximate surface area is 117 Å². The quantitative estimate of drug-likeness (QED) is 0.815. The van der Waals surface area contributed by atoms with Gasteiger partial charge in [0.05, 0.1) is 0 Å². The van der Waals surface area contributed by atoms with Crippen LogP contribution in [0, 0.1) is 0 Å². The lowest BCUT2D eigenvalue weighted by atomic mass is 9.89. The molecule has 19 heavy (non-hydrogen) atoms. The van der Waals surface area contributed by atoms with Crippen LogP contribution < -0.4 is 5.32 Å². The summed E-state index contributed by atoms with van der Waals surface area (Å²) >= 11 is 1.86. The molecular weight excluding hydrogens is 266 g/mol.